The highest BCUT2D eigenvalue weighted by Crippen LogP contribution is 2.38. The number of amidine groups is 1. The van der Waals surface area contributed by atoms with Crippen molar-refractivity contribution in [3.05, 3.63) is 99.2 Å². The van der Waals surface area contributed by atoms with Crippen LogP contribution in [0.4, 0.5) is 5.69 Å². The van der Waals surface area contributed by atoms with Gasteiger partial charge in [-0.3, -0.25) is 9.59 Å². The number of ketones is 1. The van der Waals surface area contributed by atoms with E-state index in [1.54, 1.807) is 56.3 Å². The highest BCUT2D eigenvalue weighted by atomic mass is 79.9. The quantitative estimate of drug-likeness (QED) is 0.122. The van der Waals surface area contributed by atoms with Gasteiger partial charge in [-0.05, 0) is 79.6 Å². The number of rotatable bonds is 12. The van der Waals surface area contributed by atoms with E-state index in [9.17, 15) is 14.4 Å². The molecule has 0 bridgehead atoms. The number of anilines is 1. The van der Waals surface area contributed by atoms with E-state index in [4.69, 9.17) is 23.9 Å². The van der Waals surface area contributed by atoms with Gasteiger partial charge < -0.3 is 29.6 Å². The molecule has 0 unspecified atom stereocenters. The first-order valence-electron chi connectivity index (χ1n) is 14.2. The fourth-order valence-electron chi connectivity index (χ4n) is 4.59. The smallest absolute Gasteiger partial charge is 0.338 e. The molecule has 1 atom stereocenters. The minimum Gasteiger partial charge on any atom is -0.493 e. The number of carbonyl (C=O) groups excluding carboxylic acids is 3. The molecule has 10 nitrogen and oxygen atoms in total. The summed E-state index contributed by atoms with van der Waals surface area (Å²) in [6, 6.07) is 17.1. The number of ether oxygens (including phenoxy) is 4. The number of aliphatic imine (C=N–C) groups is 1. The molecule has 0 radical (unpaired) electrons. The molecular formula is C34H34BrN3O7S. The molecule has 46 heavy (non-hydrogen) atoms. The molecule has 240 valence electrons. The number of carbonyl (C=O) groups is 3. The molecule has 0 fully saturated rings. The molecule has 0 saturated carbocycles. The average Bonchev–Trinajstić information content (AvgIpc) is 3.06. The second kappa shape index (κ2) is 16.1. The lowest BCUT2D eigenvalue weighted by atomic mass is 9.97. The SMILES string of the molecule is CCOC(=O)C1=C(C)NC(SCC(=O)Nc2ccc(C(=O)/C=C/c3cc(OC)c(OC)c(OC)c3)cc2)=N[C@H]1c1ccc(Br)cc1. The van der Waals surface area contributed by atoms with E-state index in [0.29, 0.717) is 50.5 Å². The molecule has 0 aromatic heterocycles. The summed E-state index contributed by atoms with van der Waals surface area (Å²) in [5.41, 5.74) is 3.56. The predicted molar refractivity (Wildman–Crippen MR) is 184 cm³/mol. The van der Waals surface area contributed by atoms with Crippen LogP contribution in [0.5, 0.6) is 17.2 Å². The molecule has 1 amide bonds. The largest absolute Gasteiger partial charge is 0.493 e. The number of allylic oxidation sites excluding steroid dienone is 2. The number of benzene rings is 3. The standard InChI is InChI=1S/C34H34BrN3O7S/c1-6-45-33(41)30-20(2)36-34(38-31(30)23-8-12-24(35)13-9-23)46-19-29(40)37-25-14-10-22(11-15-25)26(39)16-7-21-17-27(42-3)32(44-5)28(18-21)43-4/h7-18,31H,6,19H2,1-5H3,(H,36,38)(H,37,40)/b16-7+/t31-/m0/s1. The van der Waals surface area contributed by atoms with Gasteiger partial charge in [0.2, 0.25) is 11.7 Å². The van der Waals surface area contributed by atoms with Gasteiger partial charge in [0.25, 0.3) is 0 Å². The maximum atomic E-state index is 12.8. The number of hydrogen-bond donors (Lipinski definition) is 2. The molecule has 0 aliphatic carbocycles. The van der Waals surface area contributed by atoms with E-state index >= 15 is 0 Å². The summed E-state index contributed by atoms with van der Waals surface area (Å²) in [4.78, 5) is 43.1. The number of esters is 1. The van der Waals surface area contributed by atoms with Crippen LogP contribution in [0.15, 0.2) is 87.5 Å². The number of hydrogen-bond acceptors (Lipinski definition) is 10. The lowest BCUT2D eigenvalue weighted by Gasteiger charge is -2.25. The van der Waals surface area contributed by atoms with Gasteiger partial charge in [-0.15, -0.1) is 0 Å². The maximum Gasteiger partial charge on any atom is 0.338 e. The molecule has 1 heterocycles. The molecule has 12 heteroatoms. The van der Waals surface area contributed by atoms with Crippen LogP contribution in [0.3, 0.4) is 0 Å². The van der Waals surface area contributed by atoms with Crippen LogP contribution in [0, 0.1) is 0 Å². The van der Waals surface area contributed by atoms with E-state index in [-0.39, 0.29) is 24.1 Å². The summed E-state index contributed by atoms with van der Waals surface area (Å²) in [5.74, 6) is 0.589. The van der Waals surface area contributed by atoms with Gasteiger partial charge in [0.15, 0.2) is 22.4 Å². The zero-order valence-electron chi connectivity index (χ0n) is 26.0. The highest BCUT2D eigenvalue weighted by molar-refractivity contribution is 9.10. The number of methoxy groups -OCH3 is 3. The van der Waals surface area contributed by atoms with Crippen LogP contribution in [0.2, 0.25) is 0 Å². The molecule has 2 N–H and O–H groups in total. The molecule has 4 rings (SSSR count). The summed E-state index contributed by atoms with van der Waals surface area (Å²) in [6.07, 6.45) is 3.11. The van der Waals surface area contributed by atoms with Crippen molar-refractivity contribution in [1.29, 1.82) is 0 Å². The first-order chi connectivity index (χ1) is 22.2. The summed E-state index contributed by atoms with van der Waals surface area (Å²) in [7, 11) is 4.58. The summed E-state index contributed by atoms with van der Waals surface area (Å²) in [5, 5.41) is 6.49. The number of thioether (sulfide) groups is 1. The summed E-state index contributed by atoms with van der Waals surface area (Å²) < 4.78 is 22.3. The predicted octanol–water partition coefficient (Wildman–Crippen LogP) is 6.58. The molecular weight excluding hydrogens is 674 g/mol. The first-order valence-corrected chi connectivity index (χ1v) is 16.0. The Hall–Kier alpha value is -4.55. The Morgan fingerprint density at radius 2 is 1.63 bits per heavy atom. The van der Waals surface area contributed by atoms with Crippen LogP contribution in [0.25, 0.3) is 6.08 Å². The molecule has 0 spiro atoms. The van der Waals surface area contributed by atoms with Crippen LogP contribution >= 0.6 is 27.7 Å². The number of amides is 1. The van der Waals surface area contributed by atoms with Crippen molar-refractivity contribution >= 4 is 62.3 Å². The van der Waals surface area contributed by atoms with Crippen LogP contribution in [-0.4, -0.2) is 56.5 Å². The van der Waals surface area contributed by atoms with Gasteiger partial charge in [0.05, 0.1) is 39.3 Å². The number of nitrogens with one attached hydrogen (secondary N) is 2. The van der Waals surface area contributed by atoms with E-state index in [2.05, 4.69) is 26.6 Å². The summed E-state index contributed by atoms with van der Waals surface area (Å²) >= 11 is 4.66. The van der Waals surface area contributed by atoms with E-state index in [1.165, 1.54) is 39.2 Å². The number of nitrogens with zero attached hydrogens (tertiary/aromatic N) is 1. The molecule has 3 aromatic carbocycles. The average molecular weight is 709 g/mol. The third-order valence-electron chi connectivity index (χ3n) is 6.81. The lowest BCUT2D eigenvalue weighted by molar-refractivity contribution is -0.139. The van der Waals surface area contributed by atoms with Crippen LogP contribution < -0.4 is 24.8 Å². The van der Waals surface area contributed by atoms with Gasteiger partial charge in [-0.1, -0.05) is 45.9 Å². The fourth-order valence-corrected chi connectivity index (χ4v) is 5.60. The van der Waals surface area contributed by atoms with Crippen LogP contribution in [0.1, 0.15) is 41.4 Å². The normalized spacial score (nSPS) is 14.3. The van der Waals surface area contributed by atoms with Crippen molar-refractivity contribution in [2.45, 2.75) is 19.9 Å². The zero-order valence-corrected chi connectivity index (χ0v) is 28.4. The minimum absolute atomic E-state index is 0.0686. The second-order valence-electron chi connectivity index (χ2n) is 9.84. The van der Waals surface area contributed by atoms with Gasteiger partial charge >= 0.3 is 5.97 Å². The van der Waals surface area contributed by atoms with Gasteiger partial charge in [-0.25, -0.2) is 9.79 Å². The van der Waals surface area contributed by atoms with Crippen molar-refractivity contribution in [2.24, 2.45) is 4.99 Å². The lowest BCUT2D eigenvalue weighted by Crippen LogP contribution is -2.31. The monoisotopic (exact) mass is 707 g/mol. The second-order valence-corrected chi connectivity index (χ2v) is 11.7. The van der Waals surface area contributed by atoms with Gasteiger partial charge in [-0.2, -0.15) is 0 Å². The van der Waals surface area contributed by atoms with Crippen molar-refractivity contribution < 1.29 is 33.3 Å². The Balaban J connectivity index is 1.38. The van der Waals surface area contributed by atoms with Crippen LogP contribution in [-0.2, 0) is 14.3 Å². The van der Waals surface area contributed by atoms with Crippen molar-refractivity contribution in [3.63, 3.8) is 0 Å². The number of halogens is 1. The summed E-state index contributed by atoms with van der Waals surface area (Å²) in [6.45, 7) is 3.79. The first kappa shape index (κ1) is 34.3. The highest BCUT2D eigenvalue weighted by Gasteiger charge is 2.30. The van der Waals surface area contributed by atoms with E-state index < -0.39 is 12.0 Å². The minimum atomic E-state index is -0.577. The Morgan fingerprint density at radius 1 is 0.978 bits per heavy atom. The fraction of sp³-hybridized carbons (Fsp3) is 0.235. The molecule has 1 aliphatic heterocycles. The Morgan fingerprint density at radius 3 is 2.22 bits per heavy atom. The van der Waals surface area contributed by atoms with Gasteiger partial charge in [0, 0.05) is 21.4 Å². The third-order valence-corrected chi connectivity index (χ3v) is 8.22. The van der Waals surface area contributed by atoms with Crippen molar-refractivity contribution in [3.8, 4) is 17.2 Å². The molecule has 3 aromatic rings. The Labute approximate surface area is 280 Å². The maximum absolute atomic E-state index is 12.8. The van der Waals surface area contributed by atoms with E-state index in [1.807, 2.05) is 24.3 Å². The zero-order chi connectivity index (χ0) is 33.2. The Bertz CT molecular complexity index is 1660. The van der Waals surface area contributed by atoms with Crippen molar-refractivity contribution in [2.75, 3.05) is 39.0 Å². The Kier molecular flexibility index (Phi) is 12.0. The molecule has 0 saturated heterocycles. The van der Waals surface area contributed by atoms with Gasteiger partial charge in [0.1, 0.15) is 6.04 Å². The molecule has 1 aliphatic rings. The topological polar surface area (TPSA) is 125 Å². The van der Waals surface area contributed by atoms with E-state index in [0.717, 1.165) is 10.0 Å². The third kappa shape index (κ3) is 8.58. The van der Waals surface area contributed by atoms with Crippen molar-refractivity contribution in [1.82, 2.24) is 5.32 Å².